The second-order valence-electron chi connectivity index (χ2n) is 14.5. The van der Waals surface area contributed by atoms with Crippen LogP contribution in [0.2, 0.25) is 0 Å². The number of sulfonamides is 1. The first-order valence-electron chi connectivity index (χ1n) is 17.3. The van der Waals surface area contributed by atoms with Gasteiger partial charge in [0.05, 0.1) is 42.6 Å². The number of hydrogen-bond acceptors (Lipinski definition) is 9. The van der Waals surface area contributed by atoms with Gasteiger partial charge < -0.3 is 20.1 Å². The number of carbonyl (C=O) groups is 3. The highest BCUT2D eigenvalue weighted by atomic mass is 35.5. The normalized spacial score (nSPS) is 32.4. The van der Waals surface area contributed by atoms with E-state index >= 15 is 0 Å². The van der Waals surface area contributed by atoms with Gasteiger partial charge in [0, 0.05) is 30.4 Å². The molecule has 0 unspecified atom stereocenters. The number of nitrogens with one attached hydrogen (secondary N) is 1. The van der Waals surface area contributed by atoms with Crippen molar-refractivity contribution in [3.8, 4) is 11.6 Å². The smallest absolute Gasteiger partial charge is 0.240 e. The first-order valence-corrected chi connectivity index (χ1v) is 18.8. The van der Waals surface area contributed by atoms with Crippen molar-refractivity contribution in [2.75, 3.05) is 13.7 Å². The van der Waals surface area contributed by atoms with Crippen LogP contribution in [0.25, 0.3) is 6.08 Å². The molecule has 2 aliphatic heterocycles. The summed E-state index contributed by atoms with van der Waals surface area (Å²) in [7, 11) is -2.22. The number of ether oxygens (including phenoxy) is 2. The summed E-state index contributed by atoms with van der Waals surface area (Å²) in [5, 5.41) is -0.566. The maximum absolute atomic E-state index is 14.3. The number of nitrogens with zero attached hydrogens (tertiary/aromatic N) is 2. The highest BCUT2D eigenvalue weighted by Gasteiger charge is 2.61. The number of rotatable bonds is 7. The molecule has 1 aromatic rings. The molecule has 0 radical (unpaired) electrons. The van der Waals surface area contributed by atoms with Crippen LogP contribution < -0.4 is 19.9 Å². The summed E-state index contributed by atoms with van der Waals surface area (Å²) < 4.78 is 39.9. The van der Waals surface area contributed by atoms with Crippen LogP contribution >= 0.6 is 12.4 Å². The number of allylic oxidation sites excluding steroid dienone is 4. The van der Waals surface area contributed by atoms with Crippen LogP contribution in [-0.4, -0.2) is 73.0 Å². The van der Waals surface area contributed by atoms with E-state index in [4.69, 9.17) is 15.2 Å². The van der Waals surface area contributed by atoms with Crippen molar-refractivity contribution in [3.05, 3.63) is 47.7 Å². The molecule has 0 bridgehead atoms. The fourth-order valence-electron chi connectivity index (χ4n) is 7.72. The Bertz CT molecular complexity index is 1660. The van der Waals surface area contributed by atoms with E-state index in [2.05, 4.69) is 23.2 Å². The van der Waals surface area contributed by atoms with E-state index in [0.29, 0.717) is 43.2 Å². The summed E-state index contributed by atoms with van der Waals surface area (Å²) in [5.41, 5.74) is 8.09. The molecule has 3 fully saturated rings. The lowest BCUT2D eigenvalue weighted by molar-refractivity contribution is -0.141. The lowest BCUT2D eigenvalue weighted by Gasteiger charge is -2.31. The maximum atomic E-state index is 14.3. The van der Waals surface area contributed by atoms with Gasteiger partial charge in [-0.25, -0.2) is 13.4 Å². The first-order chi connectivity index (χ1) is 22.9. The van der Waals surface area contributed by atoms with Crippen LogP contribution in [0.15, 0.2) is 36.6 Å². The van der Waals surface area contributed by atoms with Crippen molar-refractivity contribution < 1.29 is 32.3 Å². The van der Waals surface area contributed by atoms with Crippen LogP contribution in [0.4, 0.5) is 0 Å². The van der Waals surface area contributed by atoms with Crippen LogP contribution in [0, 0.1) is 23.2 Å². The molecule has 0 spiro atoms. The average molecular weight is 717 g/mol. The molecule has 13 heteroatoms. The van der Waals surface area contributed by atoms with Crippen molar-refractivity contribution in [1.82, 2.24) is 14.6 Å². The van der Waals surface area contributed by atoms with Crippen molar-refractivity contribution in [2.45, 2.75) is 101 Å². The Hall–Kier alpha value is -3.22. The van der Waals surface area contributed by atoms with Gasteiger partial charge in [-0.05, 0) is 62.4 Å². The van der Waals surface area contributed by atoms with E-state index < -0.39 is 44.8 Å². The molecule has 7 atom stereocenters. The standard InChI is InChI=1S/C36H48N4O7S.ClH/c1-5-23-14-21(2)8-6-7-9-24-17-36(24,35(43)39-48(44,45)26-11-12-26)18-30(41)29-16-25(20-40(29)34(42)32(23)37)47-33-27-13-10-22(3)15-28(27)31(46-4)19-38-33;/h7,9-10,13,19,21,23-26,29,32H,3,5-6,8,11-12,14-18,20,37H2,1-2,4H3,(H,39,43);1H/b9-7-;/t21-,23-,24-,25-,29+,32+,36-;/m1./s1. The summed E-state index contributed by atoms with van der Waals surface area (Å²) in [6.07, 6.45) is 14.0. The minimum atomic E-state index is -3.80. The van der Waals surface area contributed by atoms with Gasteiger partial charge in [0.1, 0.15) is 11.9 Å². The van der Waals surface area contributed by atoms with Crippen molar-refractivity contribution >= 4 is 46.1 Å². The molecule has 1 aromatic heterocycles. The second-order valence-corrected chi connectivity index (χ2v) is 16.5. The molecule has 2 saturated carbocycles. The molecule has 3 aliphatic carbocycles. The predicted octanol–water partition coefficient (Wildman–Crippen LogP) is 4.29. The fourth-order valence-corrected chi connectivity index (χ4v) is 9.10. The van der Waals surface area contributed by atoms with Crippen LogP contribution in [0.5, 0.6) is 11.6 Å². The topological polar surface area (TPSA) is 158 Å². The van der Waals surface area contributed by atoms with Gasteiger partial charge in [-0.15, -0.1) is 12.4 Å². The third-order valence-electron chi connectivity index (χ3n) is 10.9. The molecule has 5 aliphatic rings. The van der Waals surface area contributed by atoms with Gasteiger partial charge in [-0.2, -0.15) is 0 Å². The zero-order valence-corrected chi connectivity index (χ0v) is 30.2. The second kappa shape index (κ2) is 14.6. The number of pyridine rings is 1. The Kier molecular flexibility index (Phi) is 11.0. The zero-order valence-electron chi connectivity index (χ0n) is 28.6. The lowest BCUT2D eigenvalue weighted by Crippen LogP contribution is -2.52. The molecular formula is C36H49ClN4O7S. The molecule has 49 heavy (non-hydrogen) atoms. The Balaban J connectivity index is 0.00000468. The Morgan fingerprint density at radius 2 is 1.96 bits per heavy atom. The van der Waals surface area contributed by atoms with Gasteiger partial charge in [0.2, 0.25) is 27.7 Å². The number of hydrogen-bond donors (Lipinski definition) is 2. The molecule has 1 saturated heterocycles. The minimum Gasteiger partial charge on any atom is -0.495 e. The number of methoxy groups -OCH3 is 1. The summed E-state index contributed by atoms with van der Waals surface area (Å²) in [6, 6.07) is -1.68. The van der Waals surface area contributed by atoms with E-state index in [1.165, 1.54) is 4.90 Å². The third kappa shape index (κ3) is 7.61. The average Bonchev–Trinajstić information content (AvgIpc) is 3.98. The molecule has 3 N–H and O–H groups in total. The number of carbonyl (C=O) groups excluding carboxylic acids is 3. The van der Waals surface area contributed by atoms with Crippen molar-refractivity contribution in [1.29, 1.82) is 0 Å². The highest BCUT2D eigenvalue weighted by Crippen LogP contribution is 2.57. The van der Waals surface area contributed by atoms with Gasteiger partial charge in [-0.3, -0.25) is 19.1 Å². The number of Topliss-reactive ketones (excluding diaryl/α,β-unsaturated/α-hetero) is 1. The van der Waals surface area contributed by atoms with E-state index in [1.54, 1.807) is 13.3 Å². The molecule has 6 rings (SSSR count). The number of amides is 2. The predicted molar refractivity (Wildman–Crippen MR) is 189 cm³/mol. The molecule has 11 nitrogen and oxygen atoms in total. The molecule has 2 amide bonds. The number of fused-ring (bicyclic) bond motifs is 3. The molecular weight excluding hydrogens is 668 g/mol. The largest absolute Gasteiger partial charge is 0.495 e. The summed E-state index contributed by atoms with van der Waals surface area (Å²) in [6.45, 7) is 8.39. The van der Waals surface area contributed by atoms with Crippen molar-refractivity contribution in [3.63, 3.8) is 0 Å². The Morgan fingerprint density at radius 1 is 1.20 bits per heavy atom. The van der Waals surface area contributed by atoms with E-state index in [-0.39, 0.29) is 55.3 Å². The van der Waals surface area contributed by atoms with Gasteiger partial charge in [0.25, 0.3) is 0 Å². The zero-order chi connectivity index (χ0) is 34.4. The number of nitrogens with two attached hydrogens (primary N) is 1. The molecule has 0 aromatic carbocycles. The maximum Gasteiger partial charge on any atom is 0.240 e. The number of ketones is 1. The quantitative estimate of drug-likeness (QED) is 0.393. The Morgan fingerprint density at radius 3 is 2.65 bits per heavy atom. The minimum absolute atomic E-state index is 0. The van der Waals surface area contributed by atoms with Gasteiger partial charge >= 0.3 is 0 Å². The monoisotopic (exact) mass is 716 g/mol. The Labute approximate surface area is 295 Å². The fraction of sp³-hybridized carbons (Fsp3) is 0.611. The van der Waals surface area contributed by atoms with E-state index in [0.717, 1.165) is 42.4 Å². The van der Waals surface area contributed by atoms with Crippen LogP contribution in [0.3, 0.4) is 0 Å². The SMILES string of the molecule is C=C1C=Cc2c(O[C@@H]3C[C@H]4C(=O)C[C@]5(C(=O)NS(=O)(=O)C6CC6)C[C@H]5/C=C\CC[C@@H](C)C[C@@H](CC)[C@H](N)C(=O)N4C3)ncc(OC)c2C1.Cl. The third-order valence-corrected chi connectivity index (χ3v) is 12.8. The van der Waals surface area contributed by atoms with E-state index in [1.807, 2.05) is 31.2 Å². The number of aromatic nitrogens is 1. The highest BCUT2D eigenvalue weighted by molar-refractivity contribution is 7.90. The first kappa shape index (κ1) is 37.0. The summed E-state index contributed by atoms with van der Waals surface area (Å²) in [4.78, 5) is 48.2. The summed E-state index contributed by atoms with van der Waals surface area (Å²) >= 11 is 0. The lowest BCUT2D eigenvalue weighted by atomic mass is 9.85. The van der Waals surface area contributed by atoms with Gasteiger partial charge in [-0.1, -0.05) is 50.6 Å². The van der Waals surface area contributed by atoms with Gasteiger partial charge in [0.15, 0.2) is 5.78 Å². The van der Waals surface area contributed by atoms with Crippen LogP contribution in [-0.2, 0) is 30.8 Å². The van der Waals surface area contributed by atoms with Crippen LogP contribution in [0.1, 0.15) is 82.8 Å². The molecule has 268 valence electrons. The number of halogens is 1. The summed E-state index contributed by atoms with van der Waals surface area (Å²) in [5.74, 6) is -0.269. The van der Waals surface area contributed by atoms with E-state index in [9.17, 15) is 22.8 Å². The molecule has 3 heterocycles. The van der Waals surface area contributed by atoms with Crippen molar-refractivity contribution in [2.24, 2.45) is 28.9 Å².